The molecule has 0 bridgehead atoms. The van der Waals surface area contributed by atoms with Gasteiger partial charge < -0.3 is 9.80 Å². The van der Waals surface area contributed by atoms with Crippen LogP contribution in [0.1, 0.15) is 12.8 Å². The molecule has 1 N–H and O–H groups in total. The number of benzene rings is 1. The van der Waals surface area contributed by atoms with E-state index in [4.69, 9.17) is 5.41 Å². The molecule has 0 spiro atoms. The third kappa shape index (κ3) is 1.96. The van der Waals surface area contributed by atoms with E-state index in [0.29, 0.717) is 0 Å². The molecule has 1 aliphatic rings. The molecule has 0 saturated carbocycles. The Morgan fingerprint density at radius 2 is 1.87 bits per heavy atom. The summed E-state index contributed by atoms with van der Waals surface area (Å²) >= 11 is 0. The van der Waals surface area contributed by atoms with Crippen molar-refractivity contribution in [2.24, 2.45) is 0 Å². The fraction of sp³-hybridized carbons (Fsp3) is 0.417. The fourth-order valence-electron chi connectivity index (χ4n) is 1.89. The number of hydrogen-bond acceptors (Lipinski definition) is 2. The van der Waals surface area contributed by atoms with Crippen LogP contribution < -0.4 is 9.80 Å². The van der Waals surface area contributed by atoms with Gasteiger partial charge in [-0.25, -0.2) is 0 Å². The Labute approximate surface area is 90.8 Å². The third-order valence-electron chi connectivity index (χ3n) is 2.80. The molecule has 0 radical (unpaired) electrons. The highest BCUT2D eigenvalue weighted by atomic mass is 15.2. The topological polar surface area (TPSA) is 30.3 Å². The normalized spacial score (nSPS) is 15.9. The van der Waals surface area contributed by atoms with Gasteiger partial charge in [-0.1, -0.05) is 0 Å². The summed E-state index contributed by atoms with van der Waals surface area (Å²) in [5, 5.41) is 7.80. The molecule has 1 heterocycles. The maximum absolute atomic E-state index is 7.80. The average molecular weight is 203 g/mol. The van der Waals surface area contributed by atoms with Crippen LogP contribution in [-0.2, 0) is 0 Å². The van der Waals surface area contributed by atoms with Crippen molar-refractivity contribution in [1.29, 1.82) is 5.41 Å². The second kappa shape index (κ2) is 3.93. The van der Waals surface area contributed by atoms with Gasteiger partial charge in [0.1, 0.15) is 5.84 Å². The van der Waals surface area contributed by atoms with Crippen LogP contribution in [0.5, 0.6) is 0 Å². The Morgan fingerprint density at radius 1 is 1.20 bits per heavy atom. The minimum atomic E-state index is 0.743. The van der Waals surface area contributed by atoms with Gasteiger partial charge in [-0.3, -0.25) is 5.41 Å². The Kier molecular flexibility index (Phi) is 2.62. The number of nitrogens with one attached hydrogen (secondary N) is 1. The zero-order chi connectivity index (χ0) is 10.8. The third-order valence-corrected chi connectivity index (χ3v) is 2.80. The van der Waals surface area contributed by atoms with Crippen molar-refractivity contribution in [1.82, 2.24) is 0 Å². The first kappa shape index (κ1) is 10.0. The maximum Gasteiger partial charge on any atom is 0.100 e. The predicted octanol–water partition coefficient (Wildman–Crippen LogP) is 2.33. The molecule has 1 saturated heterocycles. The summed E-state index contributed by atoms with van der Waals surface area (Å²) < 4.78 is 0. The summed E-state index contributed by atoms with van der Waals surface area (Å²) in [7, 11) is 4.07. The van der Waals surface area contributed by atoms with Crippen molar-refractivity contribution < 1.29 is 0 Å². The van der Waals surface area contributed by atoms with E-state index in [1.165, 1.54) is 5.69 Å². The Balaban J connectivity index is 2.19. The van der Waals surface area contributed by atoms with E-state index in [-0.39, 0.29) is 0 Å². The van der Waals surface area contributed by atoms with Gasteiger partial charge in [0.25, 0.3) is 0 Å². The van der Waals surface area contributed by atoms with Crippen molar-refractivity contribution in [3.63, 3.8) is 0 Å². The highest BCUT2D eigenvalue weighted by Crippen LogP contribution is 2.23. The van der Waals surface area contributed by atoms with Crippen LogP contribution in [0.2, 0.25) is 0 Å². The van der Waals surface area contributed by atoms with Crippen LogP contribution in [0.4, 0.5) is 11.4 Å². The van der Waals surface area contributed by atoms with E-state index in [0.717, 1.165) is 30.9 Å². The lowest BCUT2D eigenvalue weighted by Gasteiger charge is -2.19. The van der Waals surface area contributed by atoms with E-state index in [1.54, 1.807) is 0 Å². The zero-order valence-corrected chi connectivity index (χ0v) is 9.33. The molecular formula is C12H17N3. The van der Waals surface area contributed by atoms with Crippen LogP contribution in [0.15, 0.2) is 24.3 Å². The summed E-state index contributed by atoms with van der Waals surface area (Å²) in [5.41, 5.74) is 2.34. The number of anilines is 2. The van der Waals surface area contributed by atoms with Crippen LogP contribution in [0, 0.1) is 5.41 Å². The van der Waals surface area contributed by atoms with Gasteiger partial charge in [0.05, 0.1) is 0 Å². The Morgan fingerprint density at radius 3 is 2.33 bits per heavy atom. The van der Waals surface area contributed by atoms with E-state index >= 15 is 0 Å². The maximum atomic E-state index is 7.80. The highest BCUT2D eigenvalue weighted by molar-refractivity contribution is 5.97. The van der Waals surface area contributed by atoms with Gasteiger partial charge in [-0.2, -0.15) is 0 Å². The van der Waals surface area contributed by atoms with Gasteiger partial charge in [-0.15, -0.1) is 0 Å². The van der Waals surface area contributed by atoms with Crippen LogP contribution in [0.25, 0.3) is 0 Å². The van der Waals surface area contributed by atoms with Crippen molar-refractivity contribution in [3.8, 4) is 0 Å². The number of hydrogen-bond donors (Lipinski definition) is 1. The highest BCUT2D eigenvalue weighted by Gasteiger charge is 2.17. The quantitative estimate of drug-likeness (QED) is 0.799. The second-order valence-electron chi connectivity index (χ2n) is 4.11. The summed E-state index contributed by atoms with van der Waals surface area (Å²) in [6.45, 7) is 0.986. The van der Waals surface area contributed by atoms with E-state index in [2.05, 4.69) is 34.1 Å². The van der Waals surface area contributed by atoms with Gasteiger partial charge in [0.2, 0.25) is 0 Å². The number of amidine groups is 1. The molecule has 0 amide bonds. The van der Waals surface area contributed by atoms with E-state index in [9.17, 15) is 0 Å². The molecular weight excluding hydrogens is 186 g/mol. The summed E-state index contributed by atoms with van der Waals surface area (Å²) in [6.07, 6.45) is 2.02. The summed E-state index contributed by atoms with van der Waals surface area (Å²) in [6, 6.07) is 8.38. The van der Waals surface area contributed by atoms with Crippen LogP contribution >= 0.6 is 0 Å². The van der Waals surface area contributed by atoms with Gasteiger partial charge in [-0.05, 0) is 30.7 Å². The van der Waals surface area contributed by atoms with Gasteiger partial charge in [0, 0.05) is 38.4 Å². The van der Waals surface area contributed by atoms with Gasteiger partial charge in [0.15, 0.2) is 0 Å². The second-order valence-corrected chi connectivity index (χ2v) is 4.11. The SMILES string of the molecule is CN(C)c1ccc(N2CCCC2=N)cc1. The molecule has 0 unspecified atom stereocenters. The Bertz CT molecular complexity index is 354. The van der Waals surface area contributed by atoms with Crippen molar-refractivity contribution >= 4 is 17.2 Å². The predicted molar refractivity (Wildman–Crippen MR) is 65.1 cm³/mol. The van der Waals surface area contributed by atoms with Gasteiger partial charge >= 0.3 is 0 Å². The molecule has 3 nitrogen and oxygen atoms in total. The molecule has 1 aromatic rings. The molecule has 1 aliphatic heterocycles. The Hall–Kier alpha value is -1.51. The molecule has 0 aliphatic carbocycles. The molecule has 2 rings (SSSR count). The zero-order valence-electron chi connectivity index (χ0n) is 9.33. The van der Waals surface area contributed by atoms with Crippen molar-refractivity contribution in [2.45, 2.75) is 12.8 Å². The fourth-order valence-corrected chi connectivity index (χ4v) is 1.89. The molecule has 3 heteroatoms. The van der Waals surface area contributed by atoms with Crippen LogP contribution in [-0.4, -0.2) is 26.5 Å². The van der Waals surface area contributed by atoms with E-state index in [1.807, 2.05) is 14.1 Å². The van der Waals surface area contributed by atoms with Crippen LogP contribution in [0.3, 0.4) is 0 Å². The van der Waals surface area contributed by atoms with Crippen molar-refractivity contribution in [2.75, 3.05) is 30.4 Å². The lowest BCUT2D eigenvalue weighted by atomic mass is 10.2. The molecule has 0 atom stereocenters. The molecule has 1 fully saturated rings. The number of rotatable bonds is 2. The smallest absolute Gasteiger partial charge is 0.100 e. The molecule has 80 valence electrons. The van der Waals surface area contributed by atoms with E-state index < -0.39 is 0 Å². The average Bonchev–Trinajstić information content (AvgIpc) is 2.65. The van der Waals surface area contributed by atoms with Crippen molar-refractivity contribution in [3.05, 3.63) is 24.3 Å². The largest absolute Gasteiger partial charge is 0.378 e. The minimum absolute atomic E-state index is 0.743. The lowest BCUT2D eigenvalue weighted by molar-refractivity contribution is 0.956. The molecule has 1 aromatic carbocycles. The minimum Gasteiger partial charge on any atom is -0.378 e. The summed E-state index contributed by atoms with van der Waals surface area (Å²) in [4.78, 5) is 4.17. The summed E-state index contributed by atoms with van der Waals surface area (Å²) in [5.74, 6) is 0.743. The first-order valence-corrected chi connectivity index (χ1v) is 5.31. The number of nitrogens with zero attached hydrogens (tertiary/aromatic N) is 2. The molecule has 15 heavy (non-hydrogen) atoms. The molecule has 0 aromatic heterocycles. The first-order valence-electron chi connectivity index (χ1n) is 5.31. The standard InChI is InChI=1S/C12H17N3/c1-14(2)10-5-7-11(8-6-10)15-9-3-4-12(15)13/h5-8,13H,3-4,9H2,1-2H3. The lowest BCUT2D eigenvalue weighted by Crippen LogP contribution is -2.23. The first-order chi connectivity index (χ1) is 7.18. The monoisotopic (exact) mass is 203 g/mol.